The smallest absolute Gasteiger partial charge is 0.0992 e. The zero-order valence-electron chi connectivity index (χ0n) is 13.8. The molecule has 2 aromatic heterocycles. The zero-order chi connectivity index (χ0) is 16.2. The Kier molecular flexibility index (Phi) is 4.83. The lowest BCUT2D eigenvalue weighted by Gasteiger charge is -2.39. The molecule has 24 heavy (non-hydrogen) atoms. The molecule has 5 nitrogen and oxygen atoms in total. The number of morpholine rings is 1. The van der Waals surface area contributed by atoms with Gasteiger partial charge in [-0.15, -0.1) is 0 Å². The second-order valence-electron chi connectivity index (χ2n) is 6.52. The lowest BCUT2D eigenvalue weighted by atomic mass is 10.1. The van der Waals surface area contributed by atoms with Crippen LogP contribution in [0.1, 0.15) is 24.0 Å². The molecule has 0 unspecified atom stereocenters. The summed E-state index contributed by atoms with van der Waals surface area (Å²) in [5, 5.41) is 0. The van der Waals surface area contributed by atoms with Crippen LogP contribution in [0.15, 0.2) is 49.1 Å². The van der Waals surface area contributed by atoms with Gasteiger partial charge in [0.05, 0.1) is 25.4 Å². The largest absolute Gasteiger partial charge is 0.373 e. The Labute approximate surface area is 142 Å². The van der Waals surface area contributed by atoms with E-state index in [4.69, 9.17) is 9.47 Å². The summed E-state index contributed by atoms with van der Waals surface area (Å²) >= 11 is 0. The minimum atomic E-state index is 0.176. The van der Waals surface area contributed by atoms with E-state index in [0.29, 0.717) is 12.6 Å². The third-order valence-corrected chi connectivity index (χ3v) is 4.97. The number of nitrogens with zero attached hydrogens (tertiary/aromatic N) is 3. The van der Waals surface area contributed by atoms with Crippen LogP contribution in [0.3, 0.4) is 0 Å². The third kappa shape index (κ3) is 3.48. The van der Waals surface area contributed by atoms with Crippen LogP contribution in [0.2, 0.25) is 0 Å². The summed E-state index contributed by atoms with van der Waals surface area (Å²) in [5.74, 6) is 0. The van der Waals surface area contributed by atoms with Crippen LogP contribution < -0.4 is 0 Å². The summed E-state index contributed by atoms with van der Waals surface area (Å²) in [6.45, 7) is 3.33. The molecule has 0 spiro atoms. The molecular formula is C19H23N3O2. The molecule has 1 saturated carbocycles. The molecule has 2 aliphatic rings. The van der Waals surface area contributed by atoms with Crippen LogP contribution in [0.5, 0.6) is 0 Å². The van der Waals surface area contributed by atoms with Gasteiger partial charge in [0.15, 0.2) is 0 Å². The highest BCUT2D eigenvalue weighted by atomic mass is 16.5. The molecule has 0 aromatic carbocycles. The van der Waals surface area contributed by atoms with E-state index in [0.717, 1.165) is 38.1 Å². The van der Waals surface area contributed by atoms with Crippen LogP contribution in [0, 0.1) is 0 Å². The number of rotatable bonds is 5. The van der Waals surface area contributed by atoms with Crippen molar-refractivity contribution in [2.24, 2.45) is 0 Å². The number of hydrogen-bond donors (Lipinski definition) is 0. The van der Waals surface area contributed by atoms with Gasteiger partial charge in [-0.1, -0.05) is 6.07 Å². The molecule has 2 aromatic rings. The van der Waals surface area contributed by atoms with E-state index in [-0.39, 0.29) is 12.2 Å². The second-order valence-corrected chi connectivity index (χ2v) is 6.52. The lowest BCUT2D eigenvalue weighted by Crippen LogP contribution is -2.51. The van der Waals surface area contributed by atoms with Crippen molar-refractivity contribution >= 4 is 0 Å². The lowest BCUT2D eigenvalue weighted by molar-refractivity contribution is -0.118. The maximum absolute atomic E-state index is 6.16. The van der Waals surface area contributed by atoms with E-state index < -0.39 is 0 Å². The first kappa shape index (κ1) is 15.7. The Morgan fingerprint density at radius 3 is 2.83 bits per heavy atom. The Hall–Kier alpha value is -1.82. The summed E-state index contributed by atoms with van der Waals surface area (Å²) in [5.41, 5.74) is 2.43. The monoisotopic (exact) mass is 325 g/mol. The average molecular weight is 325 g/mol. The van der Waals surface area contributed by atoms with Gasteiger partial charge in [-0.05, 0) is 42.2 Å². The first-order chi connectivity index (χ1) is 11.9. The van der Waals surface area contributed by atoms with Crippen molar-refractivity contribution in [1.82, 2.24) is 14.9 Å². The number of aromatic nitrogens is 2. The molecule has 0 N–H and O–H groups in total. The highest BCUT2D eigenvalue weighted by molar-refractivity contribution is 5.11. The molecule has 4 rings (SSSR count). The molecule has 0 amide bonds. The van der Waals surface area contributed by atoms with E-state index in [9.17, 15) is 0 Å². The fraction of sp³-hybridized carbons (Fsp3) is 0.474. The highest BCUT2D eigenvalue weighted by Crippen LogP contribution is 2.33. The van der Waals surface area contributed by atoms with Gasteiger partial charge in [-0.3, -0.25) is 14.9 Å². The standard InChI is InChI=1S/C19H23N3O2/c1-2-16(12-21-7-1)14-24-18-4-3-17-19(18)23-11-10-22(17)13-15-5-8-20-9-6-15/h1-2,5-9,12,17-19H,3-4,10-11,13-14H2/t17-,18-,19-/m0/s1. The topological polar surface area (TPSA) is 47.5 Å². The number of fused-ring (bicyclic) bond motifs is 1. The van der Waals surface area contributed by atoms with Crippen molar-refractivity contribution in [2.45, 2.75) is 44.2 Å². The van der Waals surface area contributed by atoms with Gasteiger partial charge in [-0.2, -0.15) is 0 Å². The maximum Gasteiger partial charge on any atom is 0.0992 e. The van der Waals surface area contributed by atoms with E-state index in [1.54, 1.807) is 6.20 Å². The van der Waals surface area contributed by atoms with Gasteiger partial charge < -0.3 is 9.47 Å². The minimum absolute atomic E-state index is 0.176. The quantitative estimate of drug-likeness (QED) is 0.845. The van der Waals surface area contributed by atoms with E-state index >= 15 is 0 Å². The van der Waals surface area contributed by atoms with Crippen LogP contribution in [-0.2, 0) is 22.6 Å². The highest BCUT2D eigenvalue weighted by Gasteiger charge is 2.43. The van der Waals surface area contributed by atoms with Gasteiger partial charge in [0.25, 0.3) is 0 Å². The fourth-order valence-corrected chi connectivity index (χ4v) is 3.78. The molecule has 126 valence electrons. The molecule has 5 heteroatoms. The van der Waals surface area contributed by atoms with Gasteiger partial charge >= 0.3 is 0 Å². The third-order valence-electron chi connectivity index (χ3n) is 4.97. The van der Waals surface area contributed by atoms with Crippen molar-refractivity contribution in [3.05, 3.63) is 60.2 Å². The van der Waals surface area contributed by atoms with Crippen molar-refractivity contribution < 1.29 is 9.47 Å². The normalized spacial score (nSPS) is 27.1. The van der Waals surface area contributed by atoms with Crippen LogP contribution >= 0.6 is 0 Å². The average Bonchev–Trinajstić information content (AvgIpc) is 3.06. The molecule has 1 aliphatic heterocycles. The second kappa shape index (κ2) is 7.38. The summed E-state index contributed by atoms with van der Waals surface area (Å²) in [6.07, 6.45) is 9.92. The SMILES string of the molecule is c1cncc(CO[C@H]2CC[C@H]3[C@@H]2OCCN3Cc2ccncc2)c1. The predicted octanol–water partition coefficient (Wildman–Crippen LogP) is 2.43. The van der Waals surface area contributed by atoms with Crippen molar-refractivity contribution in [2.75, 3.05) is 13.2 Å². The van der Waals surface area contributed by atoms with Crippen LogP contribution in [0.25, 0.3) is 0 Å². The molecular weight excluding hydrogens is 302 g/mol. The van der Waals surface area contributed by atoms with E-state index in [2.05, 4.69) is 33.1 Å². The molecule has 2 fully saturated rings. The van der Waals surface area contributed by atoms with Crippen molar-refractivity contribution in [3.8, 4) is 0 Å². The molecule has 0 radical (unpaired) electrons. The molecule has 1 aliphatic carbocycles. The van der Waals surface area contributed by atoms with Gasteiger partial charge in [0.2, 0.25) is 0 Å². The summed E-state index contributed by atoms with van der Waals surface area (Å²) in [7, 11) is 0. The van der Waals surface area contributed by atoms with Crippen LogP contribution in [0.4, 0.5) is 0 Å². The minimum Gasteiger partial charge on any atom is -0.373 e. The predicted molar refractivity (Wildman–Crippen MR) is 90.2 cm³/mol. The van der Waals surface area contributed by atoms with Crippen molar-refractivity contribution in [3.63, 3.8) is 0 Å². The maximum atomic E-state index is 6.16. The number of ether oxygens (including phenoxy) is 2. The van der Waals surface area contributed by atoms with E-state index in [1.165, 1.54) is 5.56 Å². The van der Waals surface area contributed by atoms with Gasteiger partial charge in [0, 0.05) is 43.9 Å². The molecule has 3 heterocycles. The summed E-state index contributed by atoms with van der Waals surface area (Å²) in [4.78, 5) is 10.8. The Morgan fingerprint density at radius 1 is 1.08 bits per heavy atom. The fourth-order valence-electron chi connectivity index (χ4n) is 3.78. The zero-order valence-corrected chi connectivity index (χ0v) is 13.8. The van der Waals surface area contributed by atoms with Crippen molar-refractivity contribution in [1.29, 1.82) is 0 Å². The number of pyridine rings is 2. The Bertz CT molecular complexity index is 638. The summed E-state index contributed by atoms with van der Waals surface area (Å²) < 4.78 is 12.2. The molecule has 3 atom stereocenters. The molecule has 0 bridgehead atoms. The first-order valence-electron chi connectivity index (χ1n) is 8.65. The van der Waals surface area contributed by atoms with Gasteiger partial charge in [-0.25, -0.2) is 0 Å². The van der Waals surface area contributed by atoms with Gasteiger partial charge in [0.1, 0.15) is 0 Å². The van der Waals surface area contributed by atoms with E-state index in [1.807, 2.05) is 24.7 Å². The van der Waals surface area contributed by atoms with Crippen LogP contribution in [-0.4, -0.2) is 46.3 Å². The molecule has 1 saturated heterocycles. The Balaban J connectivity index is 1.37. The first-order valence-corrected chi connectivity index (χ1v) is 8.65. The summed E-state index contributed by atoms with van der Waals surface area (Å²) in [6, 6.07) is 8.64. The number of hydrogen-bond acceptors (Lipinski definition) is 5. The Morgan fingerprint density at radius 2 is 2.00 bits per heavy atom.